The molecule has 0 unspecified atom stereocenters. The van der Waals surface area contributed by atoms with Gasteiger partial charge in [-0.25, -0.2) is 13.9 Å². The minimum atomic E-state index is -3.73. The molecule has 0 fully saturated rings. The number of carbonyl (C=O) groups is 1. The van der Waals surface area contributed by atoms with E-state index in [1.807, 2.05) is 30.3 Å². The van der Waals surface area contributed by atoms with Crippen molar-refractivity contribution < 1.29 is 18.0 Å². The number of carbonyl (C=O) groups excluding carboxylic acids is 1. The van der Waals surface area contributed by atoms with E-state index in [4.69, 9.17) is 10.6 Å². The molecule has 36 heavy (non-hydrogen) atoms. The smallest absolute Gasteiger partial charge is 0.264 e. The van der Waals surface area contributed by atoms with Crippen molar-refractivity contribution in [2.75, 3.05) is 18.6 Å². The predicted molar refractivity (Wildman–Crippen MR) is 147 cm³/mol. The van der Waals surface area contributed by atoms with Gasteiger partial charge in [0.1, 0.15) is 0 Å². The number of nitrogens with two attached hydrogens (primary N) is 1. The number of aromatic nitrogens is 2. The molecule has 8 nitrogen and oxygen atoms in total. The fraction of sp³-hybridized carbons (Fsp3) is 0.385. The number of sulfone groups is 1. The van der Waals surface area contributed by atoms with Crippen LogP contribution in [0.5, 0.6) is 0 Å². The van der Waals surface area contributed by atoms with Crippen LogP contribution in [0.25, 0.3) is 10.9 Å². The second-order valence-corrected chi connectivity index (χ2v) is 18.4. The van der Waals surface area contributed by atoms with Crippen LogP contribution >= 0.6 is 0 Å². The van der Waals surface area contributed by atoms with E-state index >= 15 is 0 Å². The maximum atomic E-state index is 12.9. The van der Waals surface area contributed by atoms with Gasteiger partial charge in [-0.1, -0.05) is 31.5 Å². The van der Waals surface area contributed by atoms with Crippen molar-refractivity contribution in [1.82, 2.24) is 15.3 Å². The number of nitrogens with one attached hydrogen (secondary N) is 1. The van der Waals surface area contributed by atoms with Gasteiger partial charge in [-0.2, -0.15) is 5.10 Å². The second kappa shape index (κ2) is 10.9. The number of aryl methyl sites for hydroxylation is 1. The minimum absolute atomic E-state index is 0.0462. The van der Waals surface area contributed by atoms with Crippen LogP contribution < -0.4 is 11.2 Å². The summed E-state index contributed by atoms with van der Waals surface area (Å²) >= 11 is 0. The monoisotopic (exact) mass is 526 g/mol. The highest BCUT2D eigenvalue weighted by Crippen LogP contribution is 2.24. The summed E-state index contributed by atoms with van der Waals surface area (Å²) in [5.41, 5.74) is 11.3. The van der Waals surface area contributed by atoms with Gasteiger partial charge in [-0.15, -0.1) is 0 Å². The van der Waals surface area contributed by atoms with Crippen molar-refractivity contribution in [3.8, 4) is 11.8 Å². The predicted octanol–water partition coefficient (Wildman–Crippen LogP) is 3.60. The van der Waals surface area contributed by atoms with Gasteiger partial charge < -0.3 is 5.73 Å². The number of hydrogen-bond donors (Lipinski definition) is 2. The zero-order valence-electron chi connectivity index (χ0n) is 21.5. The lowest BCUT2D eigenvalue weighted by Crippen LogP contribution is -2.50. The number of fused-ring (bicyclic) bond motifs is 1. The van der Waals surface area contributed by atoms with Crippen molar-refractivity contribution in [3.05, 3.63) is 59.8 Å². The molecule has 1 amide bonds. The summed E-state index contributed by atoms with van der Waals surface area (Å²) in [6, 6.07) is 13.9. The Morgan fingerprint density at radius 2 is 1.78 bits per heavy atom. The maximum Gasteiger partial charge on any atom is 0.264 e. The van der Waals surface area contributed by atoms with Crippen molar-refractivity contribution in [2.24, 2.45) is 0 Å². The van der Waals surface area contributed by atoms with Gasteiger partial charge in [-0.3, -0.25) is 14.3 Å². The molecule has 0 aliphatic heterocycles. The first-order chi connectivity index (χ1) is 16.8. The fourth-order valence-electron chi connectivity index (χ4n) is 3.42. The normalized spacial score (nSPS) is 13.6. The first kappa shape index (κ1) is 27.5. The summed E-state index contributed by atoms with van der Waals surface area (Å²) in [7, 11) is -5.07. The van der Waals surface area contributed by atoms with Crippen molar-refractivity contribution in [1.29, 1.82) is 0 Å². The Morgan fingerprint density at radius 3 is 2.42 bits per heavy atom. The number of nitrogens with zero attached hydrogens (tertiary/aromatic N) is 2. The lowest BCUT2D eigenvalue weighted by Gasteiger charge is -2.26. The molecule has 0 aliphatic rings. The van der Waals surface area contributed by atoms with E-state index in [9.17, 15) is 13.2 Å². The van der Waals surface area contributed by atoms with Gasteiger partial charge in [-0.05, 0) is 61.9 Å². The van der Waals surface area contributed by atoms with Crippen LogP contribution in [0.4, 0.5) is 5.69 Å². The summed E-state index contributed by atoms with van der Waals surface area (Å²) in [6.07, 6.45) is 2.83. The Balaban J connectivity index is 1.71. The molecule has 2 aromatic carbocycles. The number of hydrogen-bond acceptors (Lipinski definition) is 6. The van der Waals surface area contributed by atoms with Crippen LogP contribution in [0, 0.1) is 11.8 Å². The molecule has 0 radical (unpaired) electrons. The second-order valence-electron chi connectivity index (χ2n) is 10.4. The first-order valence-corrected chi connectivity index (χ1v) is 17.3. The van der Waals surface area contributed by atoms with Crippen molar-refractivity contribution in [2.45, 2.75) is 50.3 Å². The fourth-order valence-corrected chi connectivity index (χ4v) is 4.98. The summed E-state index contributed by atoms with van der Waals surface area (Å²) in [6.45, 7) is 8.62. The molecule has 1 atom stereocenters. The quantitative estimate of drug-likeness (QED) is 0.145. The van der Waals surface area contributed by atoms with Crippen LogP contribution in [-0.4, -0.2) is 49.8 Å². The topological polar surface area (TPSA) is 116 Å². The van der Waals surface area contributed by atoms with Gasteiger partial charge in [0, 0.05) is 43.1 Å². The minimum Gasteiger partial charge on any atom is -0.399 e. The highest BCUT2D eigenvalue weighted by Gasteiger charge is 2.43. The molecule has 0 bridgehead atoms. The van der Waals surface area contributed by atoms with E-state index in [-0.39, 0.29) is 13.0 Å². The molecule has 1 aromatic heterocycles. The number of anilines is 1. The van der Waals surface area contributed by atoms with E-state index < -0.39 is 28.6 Å². The lowest BCUT2D eigenvalue weighted by atomic mass is 10.1. The molecule has 0 aliphatic carbocycles. The molecule has 0 spiro atoms. The van der Waals surface area contributed by atoms with E-state index in [0.29, 0.717) is 12.3 Å². The summed E-state index contributed by atoms with van der Waals surface area (Å²) in [5.74, 6) is 5.57. The molecule has 10 heteroatoms. The summed E-state index contributed by atoms with van der Waals surface area (Å²) in [4.78, 5) is 18.2. The standard InChI is InChI=1S/C26H34N4O4SSi/c1-26(35(2,32)33,25(31)29-34-16-17-36(3,4)5)14-15-30-24-13-10-21(18-22(24)19-28-30)7-6-20-8-11-23(27)12-9-20/h8-13,18-19H,14-17,27H2,1-5H3,(H,29,31)/t26-/m1/s1. The Morgan fingerprint density at radius 1 is 1.14 bits per heavy atom. The Labute approximate surface area is 214 Å². The van der Waals surface area contributed by atoms with Gasteiger partial charge in [0.2, 0.25) is 0 Å². The zero-order valence-corrected chi connectivity index (χ0v) is 23.3. The number of hydroxylamine groups is 1. The van der Waals surface area contributed by atoms with Gasteiger partial charge in [0.05, 0.1) is 18.3 Å². The van der Waals surface area contributed by atoms with Gasteiger partial charge in [0.25, 0.3) is 5.91 Å². The molecular weight excluding hydrogens is 492 g/mol. The number of benzene rings is 2. The van der Waals surface area contributed by atoms with Crippen LogP contribution in [0.2, 0.25) is 25.7 Å². The first-order valence-electron chi connectivity index (χ1n) is 11.7. The third-order valence-electron chi connectivity index (χ3n) is 6.12. The third-order valence-corrected chi connectivity index (χ3v) is 9.85. The molecular formula is C26H34N4O4SSi. The van der Waals surface area contributed by atoms with Crippen molar-refractivity contribution in [3.63, 3.8) is 0 Å². The molecule has 3 aromatic rings. The van der Waals surface area contributed by atoms with E-state index in [1.165, 1.54) is 6.92 Å². The summed E-state index contributed by atoms with van der Waals surface area (Å²) < 4.78 is 25.2. The SMILES string of the molecule is C[C@@](CCn1ncc2cc(C#Cc3ccc(N)cc3)ccc21)(C(=O)NOCC[Si](C)(C)C)S(C)(=O)=O. The molecule has 1 heterocycles. The average molecular weight is 527 g/mol. The van der Waals surface area contributed by atoms with E-state index in [1.54, 1.807) is 23.0 Å². The number of amides is 1. The van der Waals surface area contributed by atoms with Crippen LogP contribution in [0.3, 0.4) is 0 Å². The highest BCUT2D eigenvalue weighted by molar-refractivity contribution is 7.92. The van der Waals surface area contributed by atoms with Crippen molar-refractivity contribution >= 4 is 40.4 Å². The van der Waals surface area contributed by atoms with E-state index in [0.717, 1.165) is 34.3 Å². The third kappa shape index (κ3) is 6.97. The molecule has 192 valence electrons. The summed E-state index contributed by atoms with van der Waals surface area (Å²) in [5, 5.41) is 5.29. The molecule has 0 saturated carbocycles. The molecule has 0 saturated heterocycles. The maximum absolute atomic E-state index is 12.9. The van der Waals surface area contributed by atoms with Gasteiger partial charge in [0.15, 0.2) is 14.6 Å². The Bertz CT molecular complexity index is 1400. The highest BCUT2D eigenvalue weighted by atomic mass is 32.2. The Kier molecular flexibility index (Phi) is 8.28. The van der Waals surface area contributed by atoms with Crippen LogP contribution in [-0.2, 0) is 26.0 Å². The Hall–Kier alpha value is -3.13. The molecule has 3 N–H and O–H groups in total. The number of rotatable bonds is 9. The number of nitrogen functional groups attached to an aromatic ring is 1. The average Bonchev–Trinajstić information content (AvgIpc) is 3.20. The van der Waals surface area contributed by atoms with Crippen LogP contribution in [0.1, 0.15) is 24.5 Å². The zero-order chi connectivity index (χ0) is 26.6. The van der Waals surface area contributed by atoms with E-state index in [2.05, 4.69) is 42.1 Å². The lowest BCUT2D eigenvalue weighted by molar-refractivity contribution is -0.135. The van der Waals surface area contributed by atoms with Crippen LogP contribution in [0.15, 0.2) is 48.7 Å². The molecule has 3 rings (SSSR count). The van der Waals surface area contributed by atoms with Gasteiger partial charge >= 0.3 is 0 Å². The largest absolute Gasteiger partial charge is 0.399 e.